The van der Waals surface area contributed by atoms with Gasteiger partial charge >= 0.3 is 0 Å². The lowest BCUT2D eigenvalue weighted by atomic mass is 10.1. The molecule has 2 radical (unpaired) electrons. The summed E-state index contributed by atoms with van der Waals surface area (Å²) in [5, 5.41) is 0. The number of unbranched alkanes of at least 4 members (excludes halogenated alkanes) is 7. The molecule has 0 aliphatic carbocycles. The molecule has 0 rings (SSSR count). The molecule has 0 aromatic heterocycles. The second-order valence-electron chi connectivity index (χ2n) is 3.12. The SMILES string of the molecule is [CH2]CCCCCCCC/[C]=N/C=O. The Hall–Kier alpha value is -0.660. The third-order valence-corrected chi connectivity index (χ3v) is 1.93. The average Bonchev–Trinajstić information content (AvgIpc) is 2.16. The highest BCUT2D eigenvalue weighted by molar-refractivity contribution is 5.68. The normalized spacial score (nSPS) is 10.8. The zero-order valence-electron chi connectivity index (χ0n) is 8.30. The van der Waals surface area contributed by atoms with Crippen LogP contribution in [0, 0.1) is 6.92 Å². The minimum absolute atomic E-state index is 0.536. The summed E-state index contributed by atoms with van der Waals surface area (Å²) in [7, 11) is 0. The van der Waals surface area contributed by atoms with Crippen molar-refractivity contribution in [1.82, 2.24) is 0 Å². The smallest absolute Gasteiger partial charge is 0.233 e. The summed E-state index contributed by atoms with van der Waals surface area (Å²) in [6.07, 6.45) is 12.5. The number of carbonyl (C=O) groups is 1. The zero-order chi connectivity index (χ0) is 9.78. The molecule has 0 aromatic carbocycles. The van der Waals surface area contributed by atoms with Crippen LogP contribution in [0.5, 0.6) is 0 Å². The fourth-order valence-corrected chi connectivity index (χ4v) is 1.19. The standard InChI is InChI=1S/C11H19NO/c1-2-3-4-5-6-7-8-9-10-12-11-13/h11H,1-9H2. The molecule has 2 nitrogen and oxygen atoms in total. The van der Waals surface area contributed by atoms with Crippen molar-refractivity contribution in [2.45, 2.75) is 51.4 Å². The molecular formula is C11H19NO. The monoisotopic (exact) mass is 181 g/mol. The van der Waals surface area contributed by atoms with Gasteiger partial charge < -0.3 is 0 Å². The number of nitrogens with zero attached hydrogens (tertiary/aromatic N) is 1. The molecule has 1 amide bonds. The largest absolute Gasteiger partial charge is 0.276 e. The number of rotatable bonds is 9. The molecule has 0 saturated heterocycles. The second-order valence-corrected chi connectivity index (χ2v) is 3.12. The molecule has 0 atom stereocenters. The highest BCUT2D eigenvalue weighted by Gasteiger charge is 1.89. The molecule has 13 heavy (non-hydrogen) atoms. The molecule has 0 unspecified atom stereocenters. The van der Waals surface area contributed by atoms with Crippen LogP contribution in [0.4, 0.5) is 0 Å². The Bertz CT molecular complexity index is 132. The van der Waals surface area contributed by atoms with E-state index in [1.54, 1.807) is 0 Å². The maximum atomic E-state index is 9.78. The molecular weight excluding hydrogens is 162 g/mol. The lowest BCUT2D eigenvalue weighted by Gasteiger charge is -1.97. The van der Waals surface area contributed by atoms with E-state index in [1.807, 2.05) is 0 Å². The number of hydrogen-bond donors (Lipinski definition) is 0. The van der Waals surface area contributed by atoms with Crippen LogP contribution in [0.25, 0.3) is 0 Å². The van der Waals surface area contributed by atoms with Crippen molar-refractivity contribution < 1.29 is 4.79 Å². The Morgan fingerprint density at radius 1 is 1.08 bits per heavy atom. The molecule has 0 N–H and O–H groups in total. The van der Waals surface area contributed by atoms with Crippen LogP contribution in [0.2, 0.25) is 0 Å². The summed E-state index contributed by atoms with van der Waals surface area (Å²) < 4.78 is 0. The van der Waals surface area contributed by atoms with Crippen molar-refractivity contribution in [3.05, 3.63) is 6.92 Å². The Kier molecular flexibility index (Phi) is 10.8. The highest BCUT2D eigenvalue weighted by atomic mass is 16.1. The summed E-state index contributed by atoms with van der Waals surface area (Å²) in [4.78, 5) is 13.2. The van der Waals surface area contributed by atoms with E-state index < -0.39 is 0 Å². The Morgan fingerprint density at radius 2 is 1.69 bits per heavy atom. The third-order valence-electron chi connectivity index (χ3n) is 1.93. The Balaban J connectivity index is 2.91. The molecule has 0 heterocycles. The number of hydrogen-bond acceptors (Lipinski definition) is 1. The van der Waals surface area contributed by atoms with Crippen LogP contribution in [0.3, 0.4) is 0 Å². The fourth-order valence-electron chi connectivity index (χ4n) is 1.19. The van der Waals surface area contributed by atoms with Gasteiger partial charge in [0.15, 0.2) is 0 Å². The topological polar surface area (TPSA) is 29.4 Å². The summed E-state index contributed by atoms with van der Waals surface area (Å²) in [6, 6.07) is 0. The van der Waals surface area contributed by atoms with E-state index in [1.165, 1.54) is 32.1 Å². The van der Waals surface area contributed by atoms with E-state index in [0.29, 0.717) is 6.41 Å². The van der Waals surface area contributed by atoms with Crippen molar-refractivity contribution in [2.24, 2.45) is 4.99 Å². The van der Waals surface area contributed by atoms with Crippen LogP contribution >= 0.6 is 0 Å². The Morgan fingerprint density at radius 3 is 2.31 bits per heavy atom. The van der Waals surface area contributed by atoms with E-state index in [0.717, 1.165) is 19.3 Å². The van der Waals surface area contributed by atoms with Crippen molar-refractivity contribution in [2.75, 3.05) is 0 Å². The zero-order valence-corrected chi connectivity index (χ0v) is 8.30. The van der Waals surface area contributed by atoms with Crippen molar-refractivity contribution in [3.63, 3.8) is 0 Å². The molecule has 0 aliphatic heterocycles. The first-order valence-corrected chi connectivity index (χ1v) is 5.07. The highest BCUT2D eigenvalue weighted by Crippen LogP contribution is 2.07. The summed E-state index contributed by atoms with van der Waals surface area (Å²) in [6.45, 7) is 3.80. The minimum atomic E-state index is 0.536. The minimum Gasteiger partial charge on any atom is -0.276 e. The van der Waals surface area contributed by atoms with E-state index in [9.17, 15) is 4.79 Å². The van der Waals surface area contributed by atoms with Crippen molar-refractivity contribution in [3.8, 4) is 0 Å². The quantitative estimate of drug-likeness (QED) is 0.305. The van der Waals surface area contributed by atoms with Gasteiger partial charge in [0.25, 0.3) is 0 Å². The van der Waals surface area contributed by atoms with Crippen LogP contribution in [-0.2, 0) is 4.79 Å². The third kappa shape index (κ3) is 11.3. The van der Waals surface area contributed by atoms with Crippen molar-refractivity contribution >= 4 is 12.6 Å². The summed E-state index contributed by atoms with van der Waals surface area (Å²) >= 11 is 0. The van der Waals surface area contributed by atoms with Gasteiger partial charge in [0.05, 0.1) is 6.21 Å². The first kappa shape index (κ1) is 12.3. The molecule has 0 aromatic rings. The van der Waals surface area contributed by atoms with E-state index in [4.69, 9.17) is 0 Å². The molecule has 0 saturated carbocycles. The van der Waals surface area contributed by atoms with E-state index >= 15 is 0 Å². The summed E-state index contributed by atoms with van der Waals surface area (Å²) in [5.74, 6) is 0. The van der Waals surface area contributed by atoms with Gasteiger partial charge in [-0.25, -0.2) is 4.99 Å². The van der Waals surface area contributed by atoms with Gasteiger partial charge in [-0.15, -0.1) is 0 Å². The van der Waals surface area contributed by atoms with Gasteiger partial charge in [-0.3, -0.25) is 4.79 Å². The molecule has 2 heteroatoms. The van der Waals surface area contributed by atoms with Gasteiger partial charge in [-0.2, -0.15) is 0 Å². The molecule has 0 bridgehead atoms. The fraction of sp³-hybridized carbons (Fsp3) is 0.727. The van der Waals surface area contributed by atoms with Gasteiger partial charge in [0.2, 0.25) is 6.41 Å². The number of amides is 1. The van der Waals surface area contributed by atoms with E-state index in [2.05, 4.69) is 18.1 Å². The predicted molar refractivity (Wildman–Crippen MR) is 55.8 cm³/mol. The first-order chi connectivity index (χ1) is 6.41. The van der Waals surface area contributed by atoms with Crippen LogP contribution in [-0.4, -0.2) is 12.6 Å². The maximum Gasteiger partial charge on any atom is 0.233 e. The summed E-state index contributed by atoms with van der Waals surface area (Å²) in [5.41, 5.74) is 0. The molecule has 74 valence electrons. The van der Waals surface area contributed by atoms with Gasteiger partial charge in [0.1, 0.15) is 0 Å². The lowest BCUT2D eigenvalue weighted by molar-refractivity contribution is -0.106. The Labute approximate surface area is 81.4 Å². The lowest BCUT2D eigenvalue weighted by Crippen LogP contribution is -1.81. The molecule has 0 fully saturated rings. The van der Waals surface area contributed by atoms with Crippen LogP contribution in [0.15, 0.2) is 4.99 Å². The van der Waals surface area contributed by atoms with Gasteiger partial charge in [0, 0.05) is 0 Å². The predicted octanol–water partition coefficient (Wildman–Crippen LogP) is 3.05. The first-order valence-electron chi connectivity index (χ1n) is 5.07. The molecule has 0 aliphatic rings. The maximum absolute atomic E-state index is 9.78. The van der Waals surface area contributed by atoms with Gasteiger partial charge in [-0.1, -0.05) is 45.4 Å². The van der Waals surface area contributed by atoms with Crippen molar-refractivity contribution in [1.29, 1.82) is 0 Å². The second kappa shape index (κ2) is 11.3. The van der Waals surface area contributed by atoms with Crippen LogP contribution in [0.1, 0.15) is 51.4 Å². The number of carbonyl (C=O) groups excluding carboxylic acids is 1. The van der Waals surface area contributed by atoms with Crippen LogP contribution < -0.4 is 0 Å². The van der Waals surface area contributed by atoms with E-state index in [-0.39, 0.29) is 0 Å². The average molecular weight is 181 g/mol. The van der Waals surface area contributed by atoms with Gasteiger partial charge in [-0.05, 0) is 12.8 Å². The number of aliphatic imine (C=N–C) groups is 1. The molecule has 0 spiro atoms.